The molecule has 0 N–H and O–H groups in total. The van der Waals surface area contributed by atoms with Crippen LogP contribution < -0.4 is 9.64 Å². The van der Waals surface area contributed by atoms with Crippen LogP contribution in [0.3, 0.4) is 0 Å². The third kappa shape index (κ3) is 5.21. The van der Waals surface area contributed by atoms with E-state index in [1.54, 1.807) is 40.0 Å². The van der Waals surface area contributed by atoms with Gasteiger partial charge in [-0.2, -0.15) is 5.26 Å². The van der Waals surface area contributed by atoms with Gasteiger partial charge >= 0.3 is 6.09 Å². The molecule has 130 valence electrons. The standard InChI is InChI=1S/C19H21N3O3/c1-19(2,3)25-18(23)22(4)17-11-10-16(15(12-20)21-17)24-13-14-8-6-5-7-9-14/h5-11H,13H2,1-4H3. The first kappa shape index (κ1) is 18.3. The van der Waals surface area contributed by atoms with Crippen molar-refractivity contribution in [2.24, 2.45) is 0 Å². The van der Waals surface area contributed by atoms with Crippen LogP contribution >= 0.6 is 0 Å². The summed E-state index contributed by atoms with van der Waals surface area (Å²) in [5.74, 6) is 0.686. The fourth-order valence-electron chi connectivity index (χ4n) is 1.98. The molecule has 2 rings (SSSR count). The van der Waals surface area contributed by atoms with Gasteiger partial charge in [0.25, 0.3) is 0 Å². The second-order valence-corrected chi connectivity index (χ2v) is 6.44. The molecule has 6 heteroatoms. The van der Waals surface area contributed by atoms with Crippen LogP contribution in [0.15, 0.2) is 42.5 Å². The number of rotatable bonds is 4. The molecule has 1 heterocycles. The van der Waals surface area contributed by atoms with Gasteiger partial charge in [-0.3, -0.25) is 4.90 Å². The van der Waals surface area contributed by atoms with Crippen LogP contribution in [-0.2, 0) is 11.3 Å². The highest BCUT2D eigenvalue weighted by molar-refractivity contribution is 5.86. The Kier molecular flexibility index (Phi) is 5.60. The number of amides is 1. The first-order valence-electron chi connectivity index (χ1n) is 7.85. The molecule has 1 amide bonds. The van der Waals surface area contributed by atoms with Gasteiger partial charge < -0.3 is 9.47 Å². The summed E-state index contributed by atoms with van der Waals surface area (Å²) >= 11 is 0. The van der Waals surface area contributed by atoms with Crippen molar-refractivity contribution in [1.29, 1.82) is 5.26 Å². The van der Waals surface area contributed by atoms with E-state index in [-0.39, 0.29) is 5.69 Å². The lowest BCUT2D eigenvalue weighted by Crippen LogP contribution is -2.34. The second kappa shape index (κ2) is 7.67. The van der Waals surface area contributed by atoms with E-state index in [0.29, 0.717) is 18.2 Å². The van der Waals surface area contributed by atoms with Crippen LogP contribution in [0.4, 0.5) is 10.6 Å². The average Bonchev–Trinajstić information content (AvgIpc) is 2.58. The largest absolute Gasteiger partial charge is 0.486 e. The summed E-state index contributed by atoms with van der Waals surface area (Å²) in [6.07, 6.45) is -0.540. The number of hydrogen-bond donors (Lipinski definition) is 0. The molecule has 6 nitrogen and oxygen atoms in total. The molecule has 25 heavy (non-hydrogen) atoms. The smallest absolute Gasteiger partial charge is 0.415 e. The Hall–Kier alpha value is -3.07. The second-order valence-electron chi connectivity index (χ2n) is 6.44. The number of carbonyl (C=O) groups is 1. The molecule has 0 unspecified atom stereocenters. The van der Waals surface area contributed by atoms with Crippen LogP contribution in [0.1, 0.15) is 32.0 Å². The molecule has 0 spiro atoms. The van der Waals surface area contributed by atoms with Crippen molar-refractivity contribution in [1.82, 2.24) is 4.98 Å². The number of carbonyl (C=O) groups excluding carboxylic acids is 1. The summed E-state index contributed by atoms with van der Waals surface area (Å²) < 4.78 is 11.0. The molecule has 1 aromatic carbocycles. The van der Waals surface area contributed by atoms with Crippen LogP contribution in [0, 0.1) is 11.3 Å². The van der Waals surface area contributed by atoms with Gasteiger partial charge in [-0.25, -0.2) is 9.78 Å². The fraction of sp³-hybridized carbons (Fsp3) is 0.316. The van der Waals surface area contributed by atoms with Crippen LogP contribution in [0.2, 0.25) is 0 Å². The van der Waals surface area contributed by atoms with Crippen molar-refractivity contribution in [3.8, 4) is 11.8 Å². The zero-order valence-corrected chi connectivity index (χ0v) is 14.8. The number of benzene rings is 1. The Balaban J connectivity index is 2.13. The first-order chi connectivity index (χ1) is 11.8. The molecule has 0 atom stereocenters. The quantitative estimate of drug-likeness (QED) is 0.844. The third-order valence-electron chi connectivity index (χ3n) is 3.20. The molecule has 0 saturated carbocycles. The van der Waals surface area contributed by atoms with Gasteiger partial charge in [-0.15, -0.1) is 0 Å². The first-order valence-corrected chi connectivity index (χ1v) is 7.85. The number of aromatic nitrogens is 1. The molecule has 0 radical (unpaired) electrons. The number of nitrogens with zero attached hydrogens (tertiary/aromatic N) is 3. The summed E-state index contributed by atoms with van der Waals surface area (Å²) in [6.45, 7) is 5.69. The number of hydrogen-bond acceptors (Lipinski definition) is 5. The molecule has 1 aromatic heterocycles. The Morgan fingerprint density at radius 2 is 1.88 bits per heavy atom. The predicted molar refractivity (Wildman–Crippen MR) is 94.4 cm³/mol. The Morgan fingerprint density at radius 1 is 1.20 bits per heavy atom. The molecule has 0 fully saturated rings. The maximum absolute atomic E-state index is 12.1. The summed E-state index contributed by atoms with van der Waals surface area (Å²) in [4.78, 5) is 17.6. The predicted octanol–water partition coefficient (Wildman–Crippen LogP) is 3.90. The lowest BCUT2D eigenvalue weighted by molar-refractivity contribution is 0.0588. The highest BCUT2D eigenvalue weighted by atomic mass is 16.6. The number of nitriles is 1. The monoisotopic (exact) mass is 339 g/mol. The van der Waals surface area contributed by atoms with Gasteiger partial charge in [0.05, 0.1) is 0 Å². The maximum atomic E-state index is 12.1. The summed E-state index contributed by atoms with van der Waals surface area (Å²) in [6, 6.07) is 14.9. The van der Waals surface area contributed by atoms with Gasteiger partial charge in [0.2, 0.25) is 0 Å². The minimum Gasteiger partial charge on any atom is -0.486 e. The van der Waals surface area contributed by atoms with Crippen LogP contribution in [-0.4, -0.2) is 23.7 Å². The Labute approximate surface area is 147 Å². The lowest BCUT2D eigenvalue weighted by Gasteiger charge is -2.24. The number of anilines is 1. The lowest BCUT2D eigenvalue weighted by atomic mass is 10.2. The molecule has 0 bridgehead atoms. The van der Waals surface area contributed by atoms with Crippen molar-refractivity contribution < 1.29 is 14.3 Å². The van der Waals surface area contributed by atoms with Gasteiger partial charge in [0.15, 0.2) is 11.4 Å². The minimum atomic E-state index is -0.609. The van der Waals surface area contributed by atoms with E-state index in [0.717, 1.165) is 5.56 Å². The summed E-state index contributed by atoms with van der Waals surface area (Å²) in [5, 5.41) is 9.32. The van der Waals surface area contributed by atoms with E-state index in [2.05, 4.69) is 4.98 Å². The van der Waals surface area contributed by atoms with Crippen molar-refractivity contribution in [3.63, 3.8) is 0 Å². The maximum Gasteiger partial charge on any atom is 0.415 e. The van der Waals surface area contributed by atoms with E-state index < -0.39 is 11.7 Å². The Bertz CT molecular complexity index is 777. The molecular weight excluding hydrogens is 318 g/mol. The van der Waals surface area contributed by atoms with E-state index in [1.807, 2.05) is 36.4 Å². The van der Waals surface area contributed by atoms with Crippen molar-refractivity contribution >= 4 is 11.9 Å². The van der Waals surface area contributed by atoms with Crippen LogP contribution in [0.25, 0.3) is 0 Å². The van der Waals surface area contributed by atoms with Crippen molar-refractivity contribution in [2.45, 2.75) is 33.0 Å². The van der Waals surface area contributed by atoms with E-state index in [9.17, 15) is 10.1 Å². The zero-order chi connectivity index (χ0) is 18.4. The van der Waals surface area contributed by atoms with Gasteiger partial charge in [0, 0.05) is 7.05 Å². The minimum absolute atomic E-state index is 0.115. The topological polar surface area (TPSA) is 75.5 Å². The van der Waals surface area contributed by atoms with E-state index in [4.69, 9.17) is 9.47 Å². The number of ether oxygens (including phenoxy) is 2. The SMILES string of the molecule is CN(C(=O)OC(C)(C)C)c1ccc(OCc2ccccc2)c(C#N)n1. The molecule has 0 saturated heterocycles. The van der Waals surface area contributed by atoms with Gasteiger partial charge in [0.1, 0.15) is 24.1 Å². The zero-order valence-electron chi connectivity index (χ0n) is 14.8. The highest BCUT2D eigenvalue weighted by Gasteiger charge is 2.22. The molecule has 0 aliphatic heterocycles. The molecule has 0 aliphatic carbocycles. The molecule has 0 aliphatic rings. The molecule has 2 aromatic rings. The van der Waals surface area contributed by atoms with Crippen molar-refractivity contribution in [2.75, 3.05) is 11.9 Å². The molecular formula is C19H21N3O3. The average molecular weight is 339 g/mol. The summed E-state index contributed by atoms with van der Waals surface area (Å²) in [5.41, 5.74) is 0.493. The van der Waals surface area contributed by atoms with Crippen LogP contribution in [0.5, 0.6) is 5.75 Å². The van der Waals surface area contributed by atoms with E-state index >= 15 is 0 Å². The highest BCUT2D eigenvalue weighted by Crippen LogP contribution is 2.22. The Morgan fingerprint density at radius 3 is 2.48 bits per heavy atom. The van der Waals surface area contributed by atoms with Gasteiger partial charge in [-0.05, 0) is 38.5 Å². The normalized spacial score (nSPS) is 10.7. The number of pyridine rings is 1. The third-order valence-corrected chi connectivity index (χ3v) is 3.20. The fourth-order valence-corrected chi connectivity index (χ4v) is 1.98. The van der Waals surface area contributed by atoms with Crippen molar-refractivity contribution in [3.05, 3.63) is 53.7 Å². The van der Waals surface area contributed by atoms with E-state index in [1.165, 1.54) is 4.90 Å². The summed E-state index contributed by atoms with van der Waals surface area (Å²) in [7, 11) is 1.54. The van der Waals surface area contributed by atoms with Gasteiger partial charge in [-0.1, -0.05) is 30.3 Å².